The Kier molecular flexibility index (Phi) is 23.9. The standard InChI is InChI=1S/C27H56O4S/c1-3-5-7-9-11-12-13-14-15-16-17-18-19-21-23-25-27(26-31-32(28,29)30)24-22-20-10-8-6-4-2/h27H,3-26H2,1-2H3,(H,28,29,30). The fraction of sp³-hybridized carbons (Fsp3) is 1.00. The van der Waals surface area contributed by atoms with E-state index >= 15 is 0 Å². The summed E-state index contributed by atoms with van der Waals surface area (Å²) in [5, 5.41) is 0. The van der Waals surface area contributed by atoms with Gasteiger partial charge in [0.05, 0.1) is 6.61 Å². The molecule has 0 aliphatic heterocycles. The Bertz CT molecular complexity index is 464. The first-order chi connectivity index (χ1) is 15.5. The van der Waals surface area contributed by atoms with Gasteiger partial charge in [0.25, 0.3) is 0 Å². The third-order valence-electron chi connectivity index (χ3n) is 6.63. The highest BCUT2D eigenvalue weighted by atomic mass is 32.3. The van der Waals surface area contributed by atoms with Gasteiger partial charge < -0.3 is 0 Å². The minimum absolute atomic E-state index is 0.131. The minimum atomic E-state index is -4.32. The largest absolute Gasteiger partial charge is 0.397 e. The van der Waals surface area contributed by atoms with Crippen molar-refractivity contribution in [2.75, 3.05) is 6.61 Å². The molecule has 0 aliphatic rings. The summed E-state index contributed by atoms with van der Waals surface area (Å²) in [6.45, 7) is 4.63. The zero-order valence-corrected chi connectivity index (χ0v) is 22.4. The number of hydrogen-bond acceptors (Lipinski definition) is 3. The Morgan fingerprint density at radius 3 is 1.09 bits per heavy atom. The average molecular weight is 477 g/mol. The lowest BCUT2D eigenvalue weighted by Gasteiger charge is -2.16. The summed E-state index contributed by atoms with van der Waals surface area (Å²) in [5.74, 6) is 0.241. The molecule has 0 rings (SSSR count). The topological polar surface area (TPSA) is 63.6 Å². The molecule has 0 aromatic heterocycles. The molecule has 0 spiro atoms. The van der Waals surface area contributed by atoms with Crippen LogP contribution in [0.5, 0.6) is 0 Å². The molecule has 0 saturated heterocycles. The van der Waals surface area contributed by atoms with E-state index in [1.807, 2.05) is 0 Å². The normalized spacial score (nSPS) is 13.0. The molecule has 0 aromatic rings. The van der Waals surface area contributed by atoms with E-state index in [1.54, 1.807) is 0 Å². The Hall–Kier alpha value is -0.130. The molecule has 0 amide bonds. The maximum absolute atomic E-state index is 10.9. The Morgan fingerprint density at radius 1 is 0.531 bits per heavy atom. The van der Waals surface area contributed by atoms with Gasteiger partial charge in [-0.2, -0.15) is 8.42 Å². The van der Waals surface area contributed by atoms with Crippen LogP contribution < -0.4 is 0 Å². The van der Waals surface area contributed by atoms with Crippen molar-refractivity contribution in [1.29, 1.82) is 0 Å². The van der Waals surface area contributed by atoms with E-state index in [0.29, 0.717) is 0 Å². The summed E-state index contributed by atoms with van der Waals surface area (Å²) in [7, 11) is -4.32. The summed E-state index contributed by atoms with van der Waals surface area (Å²) in [6.07, 6.45) is 29.8. The second-order valence-corrected chi connectivity index (χ2v) is 11.0. The zero-order valence-electron chi connectivity index (χ0n) is 21.6. The van der Waals surface area contributed by atoms with Crippen LogP contribution in [-0.4, -0.2) is 19.6 Å². The van der Waals surface area contributed by atoms with E-state index in [2.05, 4.69) is 18.0 Å². The van der Waals surface area contributed by atoms with Gasteiger partial charge in [-0.25, -0.2) is 4.18 Å². The molecule has 0 aromatic carbocycles. The second-order valence-electron chi connectivity index (χ2n) is 9.87. The van der Waals surface area contributed by atoms with Crippen LogP contribution in [0.3, 0.4) is 0 Å². The van der Waals surface area contributed by atoms with E-state index in [-0.39, 0.29) is 12.5 Å². The third-order valence-corrected chi connectivity index (χ3v) is 7.07. The van der Waals surface area contributed by atoms with Crippen LogP contribution in [0.2, 0.25) is 0 Å². The fourth-order valence-corrected chi connectivity index (χ4v) is 4.88. The van der Waals surface area contributed by atoms with Crippen molar-refractivity contribution in [3.63, 3.8) is 0 Å². The molecule has 194 valence electrons. The first kappa shape index (κ1) is 31.9. The van der Waals surface area contributed by atoms with Gasteiger partial charge >= 0.3 is 10.4 Å². The number of hydrogen-bond donors (Lipinski definition) is 1. The first-order valence-corrected chi connectivity index (χ1v) is 15.5. The van der Waals surface area contributed by atoms with Gasteiger partial charge in [-0.3, -0.25) is 4.55 Å². The lowest BCUT2D eigenvalue weighted by molar-refractivity contribution is 0.204. The van der Waals surface area contributed by atoms with Gasteiger partial charge in [0.15, 0.2) is 0 Å². The molecule has 1 unspecified atom stereocenters. The van der Waals surface area contributed by atoms with Crippen LogP contribution >= 0.6 is 0 Å². The van der Waals surface area contributed by atoms with Crippen molar-refractivity contribution in [1.82, 2.24) is 0 Å². The minimum Gasteiger partial charge on any atom is -0.264 e. The summed E-state index contributed by atoms with van der Waals surface area (Å²) in [5.41, 5.74) is 0. The van der Waals surface area contributed by atoms with Crippen LogP contribution in [0, 0.1) is 5.92 Å². The quantitative estimate of drug-likeness (QED) is 0.0997. The molecule has 0 heterocycles. The van der Waals surface area contributed by atoms with E-state index < -0.39 is 10.4 Å². The highest BCUT2D eigenvalue weighted by Crippen LogP contribution is 2.20. The molecule has 0 bridgehead atoms. The maximum Gasteiger partial charge on any atom is 0.397 e. The van der Waals surface area contributed by atoms with Gasteiger partial charge in [-0.05, 0) is 18.8 Å². The second kappa shape index (κ2) is 24.0. The Labute approximate surface area is 201 Å². The van der Waals surface area contributed by atoms with E-state index in [0.717, 1.165) is 25.7 Å². The van der Waals surface area contributed by atoms with Crippen molar-refractivity contribution in [2.24, 2.45) is 5.92 Å². The molecule has 0 fully saturated rings. The Balaban J connectivity index is 3.64. The fourth-order valence-electron chi connectivity index (χ4n) is 4.51. The van der Waals surface area contributed by atoms with Gasteiger partial charge in [0.1, 0.15) is 0 Å². The monoisotopic (exact) mass is 476 g/mol. The van der Waals surface area contributed by atoms with Crippen molar-refractivity contribution < 1.29 is 17.2 Å². The summed E-state index contributed by atoms with van der Waals surface area (Å²) in [4.78, 5) is 0. The first-order valence-electron chi connectivity index (χ1n) is 14.1. The van der Waals surface area contributed by atoms with Crippen LogP contribution in [-0.2, 0) is 14.6 Å². The highest BCUT2D eigenvalue weighted by Gasteiger charge is 2.13. The predicted molar refractivity (Wildman–Crippen MR) is 139 cm³/mol. The lowest BCUT2D eigenvalue weighted by Crippen LogP contribution is -2.14. The Morgan fingerprint density at radius 2 is 0.812 bits per heavy atom. The molecule has 0 radical (unpaired) electrons. The van der Waals surface area contributed by atoms with Gasteiger partial charge in [0.2, 0.25) is 0 Å². The van der Waals surface area contributed by atoms with Crippen LogP contribution in [0.4, 0.5) is 0 Å². The molecule has 1 atom stereocenters. The molecular formula is C27H56O4S. The van der Waals surface area contributed by atoms with Crippen LogP contribution in [0.25, 0.3) is 0 Å². The van der Waals surface area contributed by atoms with Crippen molar-refractivity contribution >= 4 is 10.4 Å². The van der Waals surface area contributed by atoms with E-state index in [4.69, 9.17) is 4.55 Å². The molecule has 0 saturated carbocycles. The molecule has 32 heavy (non-hydrogen) atoms. The van der Waals surface area contributed by atoms with E-state index in [9.17, 15) is 8.42 Å². The number of unbranched alkanes of at least 4 members (excludes halogenated alkanes) is 19. The third kappa shape index (κ3) is 26.1. The highest BCUT2D eigenvalue weighted by molar-refractivity contribution is 7.80. The summed E-state index contributed by atoms with van der Waals surface area (Å²) in [6, 6.07) is 0. The van der Waals surface area contributed by atoms with Gasteiger partial charge in [-0.15, -0.1) is 0 Å². The predicted octanol–water partition coefficient (Wildman–Crippen LogP) is 9.43. The van der Waals surface area contributed by atoms with Crippen molar-refractivity contribution in [3.05, 3.63) is 0 Å². The summed E-state index contributed by atoms with van der Waals surface area (Å²) >= 11 is 0. The molecule has 5 heteroatoms. The van der Waals surface area contributed by atoms with Crippen molar-refractivity contribution in [2.45, 2.75) is 162 Å². The zero-order chi connectivity index (χ0) is 23.8. The molecule has 4 nitrogen and oxygen atoms in total. The molecule has 1 N–H and O–H groups in total. The van der Waals surface area contributed by atoms with Gasteiger partial charge in [0, 0.05) is 0 Å². The number of rotatable bonds is 26. The lowest BCUT2D eigenvalue weighted by atomic mass is 9.95. The van der Waals surface area contributed by atoms with Gasteiger partial charge in [-0.1, -0.05) is 149 Å². The van der Waals surface area contributed by atoms with Crippen molar-refractivity contribution in [3.8, 4) is 0 Å². The van der Waals surface area contributed by atoms with E-state index in [1.165, 1.54) is 122 Å². The SMILES string of the molecule is CCCCCCCCCCCCCCCCCC(CCCCCCCC)COS(=O)(=O)O. The maximum atomic E-state index is 10.9. The van der Waals surface area contributed by atoms with Crippen LogP contribution in [0.15, 0.2) is 0 Å². The van der Waals surface area contributed by atoms with Crippen LogP contribution in [0.1, 0.15) is 162 Å². The molecular weight excluding hydrogens is 420 g/mol. The summed E-state index contributed by atoms with van der Waals surface area (Å²) < 4.78 is 35.4. The molecule has 0 aliphatic carbocycles. The average Bonchev–Trinajstić information content (AvgIpc) is 2.75. The smallest absolute Gasteiger partial charge is 0.264 e.